The monoisotopic (exact) mass is 219 g/mol. The van der Waals surface area contributed by atoms with Crippen LogP contribution in [0.3, 0.4) is 0 Å². The van der Waals surface area contributed by atoms with Crippen LogP contribution in [0.1, 0.15) is 5.56 Å². The van der Waals surface area contributed by atoms with Gasteiger partial charge in [0.1, 0.15) is 0 Å². The molecule has 1 saturated heterocycles. The van der Waals surface area contributed by atoms with Crippen LogP contribution in [0, 0.1) is 0 Å². The van der Waals surface area contributed by atoms with E-state index in [1.807, 2.05) is 25.2 Å². The Hall–Kier alpha value is -1.59. The van der Waals surface area contributed by atoms with Crippen LogP contribution in [0.15, 0.2) is 23.0 Å². The van der Waals surface area contributed by atoms with Crippen LogP contribution < -0.4 is 11.0 Å². The third-order valence-electron chi connectivity index (χ3n) is 3.24. The quantitative estimate of drug-likeness (QED) is 0.680. The maximum absolute atomic E-state index is 11.2. The van der Waals surface area contributed by atoms with Gasteiger partial charge in [-0.3, -0.25) is 0 Å². The molecule has 0 spiro atoms. The minimum atomic E-state index is -0.171. The smallest absolute Gasteiger partial charge is 0.323 e. The average Bonchev–Trinajstić information content (AvgIpc) is 2.56. The van der Waals surface area contributed by atoms with Gasteiger partial charge in [0, 0.05) is 0 Å². The number of likely N-dealkylation sites (N-methyl/N-ethyl adjacent to an activating group) is 1. The van der Waals surface area contributed by atoms with Gasteiger partial charge in [0.2, 0.25) is 0 Å². The molecule has 5 heteroatoms. The van der Waals surface area contributed by atoms with Crippen molar-refractivity contribution in [2.45, 2.75) is 5.54 Å². The van der Waals surface area contributed by atoms with Gasteiger partial charge in [-0.05, 0) is 24.7 Å². The lowest BCUT2D eigenvalue weighted by molar-refractivity contribution is -0.0747. The first-order chi connectivity index (χ1) is 7.73. The van der Waals surface area contributed by atoms with Gasteiger partial charge in [-0.2, -0.15) is 0 Å². The molecule has 3 N–H and O–H groups in total. The van der Waals surface area contributed by atoms with E-state index in [0.29, 0.717) is 13.2 Å². The Morgan fingerprint density at radius 1 is 1.31 bits per heavy atom. The number of benzene rings is 1. The summed E-state index contributed by atoms with van der Waals surface area (Å²) < 4.78 is 5.26. The minimum absolute atomic E-state index is 0.0949. The molecule has 2 heterocycles. The Labute approximate surface area is 91.8 Å². The molecule has 1 aliphatic rings. The minimum Gasteiger partial charge on any atom is -0.377 e. The van der Waals surface area contributed by atoms with Crippen LogP contribution in [0.4, 0.5) is 0 Å². The van der Waals surface area contributed by atoms with Crippen LogP contribution in [0.2, 0.25) is 0 Å². The molecule has 16 heavy (non-hydrogen) atoms. The number of hydrogen-bond acceptors (Lipinski definition) is 3. The predicted octanol–water partition coefficient (Wildman–Crippen LogP) is 0.301. The topological polar surface area (TPSA) is 69.9 Å². The number of rotatable bonds is 2. The Morgan fingerprint density at radius 2 is 2.06 bits per heavy atom. The van der Waals surface area contributed by atoms with E-state index in [2.05, 4.69) is 15.3 Å². The number of hydrogen-bond donors (Lipinski definition) is 3. The summed E-state index contributed by atoms with van der Waals surface area (Å²) in [5.41, 5.74) is 2.55. The second-order valence-electron chi connectivity index (χ2n) is 4.16. The number of H-pyrrole nitrogens is 2. The molecule has 1 fully saturated rings. The van der Waals surface area contributed by atoms with Gasteiger partial charge >= 0.3 is 5.69 Å². The van der Waals surface area contributed by atoms with E-state index >= 15 is 0 Å². The van der Waals surface area contributed by atoms with Crippen LogP contribution in [-0.4, -0.2) is 30.2 Å². The van der Waals surface area contributed by atoms with Gasteiger partial charge in [0.15, 0.2) is 0 Å². The Balaban J connectivity index is 2.14. The lowest BCUT2D eigenvalue weighted by Gasteiger charge is -2.41. The van der Waals surface area contributed by atoms with Gasteiger partial charge < -0.3 is 20.0 Å². The normalized spacial score (nSPS) is 18.6. The molecule has 0 aliphatic carbocycles. The molecule has 0 atom stereocenters. The maximum Gasteiger partial charge on any atom is 0.323 e. The molecule has 0 saturated carbocycles. The zero-order chi connectivity index (χ0) is 11.2. The molecule has 0 radical (unpaired) electrons. The van der Waals surface area contributed by atoms with E-state index in [1.54, 1.807) is 0 Å². The predicted molar refractivity (Wildman–Crippen MR) is 60.5 cm³/mol. The van der Waals surface area contributed by atoms with E-state index < -0.39 is 0 Å². The third kappa shape index (κ3) is 1.22. The molecule has 1 aliphatic heterocycles. The second kappa shape index (κ2) is 3.20. The molecular formula is C11H13N3O2. The molecule has 5 nitrogen and oxygen atoms in total. The molecular weight excluding hydrogens is 206 g/mol. The third-order valence-corrected chi connectivity index (χ3v) is 3.24. The summed E-state index contributed by atoms with van der Waals surface area (Å²) >= 11 is 0. The number of imidazole rings is 1. The first kappa shape index (κ1) is 9.62. The Morgan fingerprint density at radius 3 is 2.69 bits per heavy atom. The summed E-state index contributed by atoms with van der Waals surface area (Å²) in [7, 11) is 1.92. The molecule has 1 aromatic carbocycles. The molecule has 1 aromatic heterocycles. The highest BCUT2D eigenvalue weighted by molar-refractivity contribution is 5.75. The SMILES string of the molecule is CNC1(c2ccc3[nH]c(=O)[nH]c3c2)COC1. The van der Waals surface area contributed by atoms with Crippen molar-refractivity contribution in [3.8, 4) is 0 Å². The fourth-order valence-electron chi connectivity index (χ4n) is 2.09. The van der Waals surface area contributed by atoms with Gasteiger partial charge in [0.25, 0.3) is 0 Å². The molecule has 0 amide bonds. The first-order valence-electron chi connectivity index (χ1n) is 5.23. The second-order valence-corrected chi connectivity index (χ2v) is 4.16. The van der Waals surface area contributed by atoms with Crippen molar-refractivity contribution in [1.82, 2.24) is 15.3 Å². The lowest BCUT2D eigenvalue weighted by Crippen LogP contribution is -2.56. The summed E-state index contributed by atoms with van der Waals surface area (Å²) in [6, 6.07) is 5.93. The fourth-order valence-corrected chi connectivity index (χ4v) is 2.09. The number of fused-ring (bicyclic) bond motifs is 1. The Kier molecular flexibility index (Phi) is 1.92. The van der Waals surface area contributed by atoms with Gasteiger partial charge in [0.05, 0.1) is 29.8 Å². The maximum atomic E-state index is 11.2. The molecule has 0 unspecified atom stereocenters. The van der Waals surface area contributed by atoms with Crippen molar-refractivity contribution in [3.05, 3.63) is 34.2 Å². The van der Waals surface area contributed by atoms with E-state index in [-0.39, 0.29) is 11.2 Å². The fraction of sp³-hybridized carbons (Fsp3) is 0.364. The van der Waals surface area contributed by atoms with Crippen molar-refractivity contribution < 1.29 is 4.74 Å². The summed E-state index contributed by atoms with van der Waals surface area (Å²) in [5.74, 6) is 0. The number of ether oxygens (including phenoxy) is 1. The molecule has 84 valence electrons. The van der Waals surface area contributed by atoms with E-state index in [4.69, 9.17) is 4.74 Å². The van der Waals surface area contributed by atoms with Gasteiger partial charge in [-0.15, -0.1) is 0 Å². The van der Waals surface area contributed by atoms with E-state index in [1.165, 1.54) is 0 Å². The van der Waals surface area contributed by atoms with Crippen molar-refractivity contribution in [2.24, 2.45) is 0 Å². The van der Waals surface area contributed by atoms with Crippen molar-refractivity contribution in [2.75, 3.05) is 20.3 Å². The summed E-state index contributed by atoms with van der Waals surface area (Å²) in [5, 5.41) is 3.28. The van der Waals surface area contributed by atoms with Crippen molar-refractivity contribution >= 4 is 11.0 Å². The summed E-state index contributed by atoms with van der Waals surface area (Å²) in [6.45, 7) is 1.34. The summed E-state index contributed by atoms with van der Waals surface area (Å²) in [6.07, 6.45) is 0. The zero-order valence-electron chi connectivity index (χ0n) is 8.96. The Bertz CT molecular complexity index is 575. The standard InChI is InChI=1S/C11H13N3O2/c1-12-11(5-16-6-11)7-2-3-8-9(4-7)14-10(15)13-8/h2-4,12H,5-6H2,1H3,(H2,13,14,15). The number of aromatic amines is 2. The van der Waals surface area contributed by atoms with Crippen LogP contribution in [0.25, 0.3) is 11.0 Å². The van der Waals surface area contributed by atoms with Gasteiger partial charge in [-0.25, -0.2) is 4.79 Å². The first-order valence-corrected chi connectivity index (χ1v) is 5.23. The highest BCUT2D eigenvalue weighted by atomic mass is 16.5. The van der Waals surface area contributed by atoms with Crippen molar-refractivity contribution in [1.29, 1.82) is 0 Å². The van der Waals surface area contributed by atoms with E-state index in [9.17, 15) is 4.79 Å². The van der Waals surface area contributed by atoms with Gasteiger partial charge in [-0.1, -0.05) is 6.07 Å². The van der Waals surface area contributed by atoms with Crippen LogP contribution in [0.5, 0.6) is 0 Å². The van der Waals surface area contributed by atoms with Crippen molar-refractivity contribution in [3.63, 3.8) is 0 Å². The largest absolute Gasteiger partial charge is 0.377 e. The summed E-state index contributed by atoms with van der Waals surface area (Å²) in [4.78, 5) is 16.6. The van der Waals surface area contributed by atoms with Crippen LogP contribution >= 0.6 is 0 Å². The highest BCUT2D eigenvalue weighted by Crippen LogP contribution is 2.30. The molecule has 3 rings (SSSR count). The zero-order valence-corrected chi connectivity index (χ0v) is 8.96. The van der Waals surface area contributed by atoms with E-state index in [0.717, 1.165) is 16.6 Å². The lowest BCUT2D eigenvalue weighted by atomic mass is 9.88. The average molecular weight is 219 g/mol. The molecule has 0 bridgehead atoms. The molecule has 2 aromatic rings. The van der Waals surface area contributed by atoms with Crippen LogP contribution in [-0.2, 0) is 10.3 Å². The number of aromatic nitrogens is 2. The highest BCUT2D eigenvalue weighted by Gasteiger charge is 2.38. The number of nitrogens with one attached hydrogen (secondary N) is 3.